The highest BCUT2D eigenvalue weighted by Crippen LogP contribution is 2.31. The minimum atomic E-state index is 0.665. The van der Waals surface area contributed by atoms with Gasteiger partial charge < -0.3 is 10.1 Å². The molecule has 1 aliphatic heterocycles. The van der Waals surface area contributed by atoms with E-state index in [4.69, 9.17) is 4.74 Å². The van der Waals surface area contributed by atoms with Gasteiger partial charge in [-0.2, -0.15) is 0 Å². The number of nitrogens with zero attached hydrogens (tertiary/aromatic N) is 2. The third kappa shape index (κ3) is 3.38. The van der Waals surface area contributed by atoms with Crippen LogP contribution in [0.1, 0.15) is 42.5 Å². The molecule has 4 nitrogen and oxygen atoms in total. The van der Waals surface area contributed by atoms with Crippen LogP contribution in [-0.2, 0) is 6.54 Å². The second-order valence-electron chi connectivity index (χ2n) is 6.50. The summed E-state index contributed by atoms with van der Waals surface area (Å²) >= 11 is 0. The van der Waals surface area contributed by atoms with Gasteiger partial charge in [-0.1, -0.05) is 0 Å². The van der Waals surface area contributed by atoms with Gasteiger partial charge in [0.15, 0.2) is 0 Å². The summed E-state index contributed by atoms with van der Waals surface area (Å²) in [6, 6.07) is 1.43. The van der Waals surface area contributed by atoms with Crippen LogP contribution in [0.4, 0.5) is 0 Å². The average molecular weight is 289 g/mol. The lowest BCUT2D eigenvalue weighted by molar-refractivity contribution is 0.227. The predicted octanol–water partition coefficient (Wildman–Crippen LogP) is 2.42. The van der Waals surface area contributed by atoms with E-state index in [1.165, 1.54) is 43.5 Å². The maximum atomic E-state index is 5.54. The normalized spacial score (nSPS) is 22.0. The molecule has 2 heterocycles. The molecule has 1 saturated carbocycles. The van der Waals surface area contributed by atoms with Crippen LogP contribution in [0.2, 0.25) is 0 Å². The topological polar surface area (TPSA) is 37.4 Å². The van der Waals surface area contributed by atoms with Crippen molar-refractivity contribution >= 4 is 0 Å². The number of nitrogens with one attached hydrogen (secondary N) is 1. The maximum absolute atomic E-state index is 5.54. The molecule has 1 aromatic rings. The quantitative estimate of drug-likeness (QED) is 0.873. The van der Waals surface area contributed by atoms with Crippen LogP contribution in [0.15, 0.2) is 6.20 Å². The van der Waals surface area contributed by atoms with Crippen molar-refractivity contribution in [2.24, 2.45) is 0 Å². The average Bonchev–Trinajstić information content (AvgIpc) is 3.19. The van der Waals surface area contributed by atoms with E-state index in [0.29, 0.717) is 6.04 Å². The highest BCUT2D eigenvalue weighted by molar-refractivity contribution is 5.41. The molecule has 21 heavy (non-hydrogen) atoms. The van der Waals surface area contributed by atoms with Crippen LogP contribution < -0.4 is 10.1 Å². The third-order valence-corrected chi connectivity index (χ3v) is 4.78. The van der Waals surface area contributed by atoms with Crippen molar-refractivity contribution in [1.29, 1.82) is 0 Å². The van der Waals surface area contributed by atoms with Gasteiger partial charge in [0, 0.05) is 42.5 Å². The summed E-state index contributed by atoms with van der Waals surface area (Å²) in [7, 11) is 1.75. The van der Waals surface area contributed by atoms with E-state index in [0.717, 1.165) is 30.4 Å². The molecule has 116 valence electrons. The van der Waals surface area contributed by atoms with Crippen LogP contribution in [0.3, 0.4) is 0 Å². The molecule has 2 aliphatic rings. The summed E-state index contributed by atoms with van der Waals surface area (Å²) < 4.78 is 5.54. The van der Waals surface area contributed by atoms with Crippen molar-refractivity contribution in [1.82, 2.24) is 15.2 Å². The number of aromatic nitrogens is 1. The zero-order valence-electron chi connectivity index (χ0n) is 13.5. The van der Waals surface area contributed by atoms with E-state index < -0.39 is 0 Å². The van der Waals surface area contributed by atoms with E-state index >= 15 is 0 Å². The summed E-state index contributed by atoms with van der Waals surface area (Å²) in [4.78, 5) is 7.29. The van der Waals surface area contributed by atoms with Crippen molar-refractivity contribution in [2.75, 3.05) is 20.2 Å². The van der Waals surface area contributed by atoms with Gasteiger partial charge in [-0.15, -0.1) is 0 Å². The highest BCUT2D eigenvalue weighted by atomic mass is 16.5. The number of rotatable bonds is 6. The van der Waals surface area contributed by atoms with Gasteiger partial charge in [0.2, 0.25) is 0 Å². The minimum Gasteiger partial charge on any atom is -0.496 e. The fourth-order valence-electron chi connectivity index (χ4n) is 3.40. The Balaban J connectivity index is 1.73. The molecule has 1 unspecified atom stereocenters. The van der Waals surface area contributed by atoms with Gasteiger partial charge in [0.05, 0.1) is 12.8 Å². The Morgan fingerprint density at radius 2 is 2.14 bits per heavy atom. The zero-order chi connectivity index (χ0) is 14.8. The Labute approximate surface area is 127 Å². The number of hydrogen-bond donors (Lipinski definition) is 1. The van der Waals surface area contributed by atoms with E-state index in [2.05, 4.69) is 29.0 Å². The summed E-state index contributed by atoms with van der Waals surface area (Å²) in [6.45, 7) is 7.48. The lowest BCUT2D eigenvalue weighted by atomic mass is 10.1. The fraction of sp³-hybridized carbons (Fsp3) is 0.706. The molecule has 0 spiro atoms. The van der Waals surface area contributed by atoms with Gasteiger partial charge >= 0.3 is 0 Å². The molecule has 1 N–H and O–H groups in total. The van der Waals surface area contributed by atoms with Crippen LogP contribution in [-0.4, -0.2) is 42.2 Å². The molecule has 0 amide bonds. The van der Waals surface area contributed by atoms with Gasteiger partial charge in [-0.25, -0.2) is 0 Å². The van der Waals surface area contributed by atoms with Crippen LogP contribution in [0, 0.1) is 13.8 Å². The maximum Gasteiger partial charge on any atom is 0.128 e. The first kappa shape index (κ1) is 14.8. The van der Waals surface area contributed by atoms with Crippen LogP contribution >= 0.6 is 0 Å². The first-order valence-corrected chi connectivity index (χ1v) is 8.15. The van der Waals surface area contributed by atoms with E-state index in [1.54, 1.807) is 7.11 Å². The molecule has 0 aromatic carbocycles. The second-order valence-corrected chi connectivity index (χ2v) is 6.50. The largest absolute Gasteiger partial charge is 0.496 e. The molecular weight excluding hydrogens is 262 g/mol. The number of hydrogen-bond acceptors (Lipinski definition) is 4. The molecule has 4 heteroatoms. The summed E-state index contributed by atoms with van der Waals surface area (Å²) in [5.41, 5.74) is 3.49. The van der Waals surface area contributed by atoms with Crippen molar-refractivity contribution in [3.63, 3.8) is 0 Å². The van der Waals surface area contributed by atoms with Gasteiger partial charge in [-0.3, -0.25) is 9.88 Å². The molecule has 1 aromatic heterocycles. The number of methoxy groups -OCH3 is 1. The smallest absolute Gasteiger partial charge is 0.128 e. The minimum absolute atomic E-state index is 0.665. The number of pyridine rings is 1. The summed E-state index contributed by atoms with van der Waals surface area (Å²) in [5, 5.41) is 3.62. The highest BCUT2D eigenvalue weighted by Gasteiger charge is 2.32. The molecule has 0 radical (unpaired) electrons. The molecule has 3 rings (SSSR count). The summed E-state index contributed by atoms with van der Waals surface area (Å²) in [5.74, 6) is 0.995. The molecule has 1 aliphatic carbocycles. The van der Waals surface area contributed by atoms with Gasteiger partial charge in [0.25, 0.3) is 0 Å². The first-order chi connectivity index (χ1) is 10.2. The SMILES string of the molecule is COc1c(C)cnc(CN(CC2CCCN2)C2CC2)c1C. The van der Waals surface area contributed by atoms with E-state index in [-0.39, 0.29) is 0 Å². The van der Waals surface area contributed by atoms with Gasteiger partial charge in [0.1, 0.15) is 5.75 Å². The first-order valence-electron chi connectivity index (χ1n) is 8.15. The Morgan fingerprint density at radius 1 is 1.33 bits per heavy atom. The van der Waals surface area contributed by atoms with Crippen molar-refractivity contribution in [3.05, 3.63) is 23.0 Å². The van der Waals surface area contributed by atoms with Crippen molar-refractivity contribution in [3.8, 4) is 5.75 Å². The van der Waals surface area contributed by atoms with E-state index in [1.807, 2.05) is 6.20 Å². The second kappa shape index (κ2) is 6.32. The van der Waals surface area contributed by atoms with Crippen LogP contribution in [0.5, 0.6) is 5.75 Å². The van der Waals surface area contributed by atoms with Crippen LogP contribution in [0.25, 0.3) is 0 Å². The van der Waals surface area contributed by atoms with Crippen molar-refractivity contribution in [2.45, 2.75) is 58.2 Å². The predicted molar refractivity (Wildman–Crippen MR) is 84.7 cm³/mol. The molecule has 0 bridgehead atoms. The third-order valence-electron chi connectivity index (χ3n) is 4.78. The van der Waals surface area contributed by atoms with Crippen molar-refractivity contribution < 1.29 is 4.74 Å². The number of aryl methyl sites for hydroxylation is 1. The summed E-state index contributed by atoms with van der Waals surface area (Å²) in [6.07, 6.45) is 7.26. The Bertz CT molecular complexity index is 493. The fourth-order valence-corrected chi connectivity index (χ4v) is 3.40. The Kier molecular flexibility index (Phi) is 4.45. The van der Waals surface area contributed by atoms with E-state index in [9.17, 15) is 0 Å². The Morgan fingerprint density at radius 3 is 2.76 bits per heavy atom. The Hall–Kier alpha value is -1.13. The lowest BCUT2D eigenvalue weighted by Crippen LogP contribution is -2.38. The lowest BCUT2D eigenvalue weighted by Gasteiger charge is -2.26. The monoisotopic (exact) mass is 289 g/mol. The van der Waals surface area contributed by atoms with Gasteiger partial charge in [-0.05, 0) is 46.1 Å². The molecule has 1 atom stereocenters. The zero-order valence-corrected chi connectivity index (χ0v) is 13.5. The standard InChI is InChI=1S/C17H27N3O/c1-12-9-19-16(13(2)17(12)21-3)11-20(15-6-7-15)10-14-5-4-8-18-14/h9,14-15,18H,4-8,10-11H2,1-3H3. The molecular formula is C17H27N3O. The molecule has 1 saturated heterocycles. The number of ether oxygens (including phenoxy) is 1. The molecule has 2 fully saturated rings.